The third-order valence-electron chi connectivity index (χ3n) is 4.28. The molecule has 1 aliphatic carbocycles. The maximum atomic E-state index is 10.9. The minimum Gasteiger partial charge on any atom is -0.481 e. The molecule has 5 nitrogen and oxygen atoms in total. The molecule has 1 saturated heterocycles. The summed E-state index contributed by atoms with van der Waals surface area (Å²) < 4.78 is 5.69. The van der Waals surface area contributed by atoms with E-state index < -0.39 is 11.6 Å². The lowest BCUT2D eigenvalue weighted by Gasteiger charge is -2.42. The monoisotopic (exact) mass is 271 g/mol. The molecule has 0 spiro atoms. The second-order valence-electron chi connectivity index (χ2n) is 6.29. The zero-order chi connectivity index (χ0) is 14.0. The van der Waals surface area contributed by atoms with Gasteiger partial charge >= 0.3 is 5.97 Å². The largest absolute Gasteiger partial charge is 0.481 e. The number of rotatable bonds is 3. The third-order valence-corrected chi connectivity index (χ3v) is 4.28. The zero-order valence-corrected chi connectivity index (χ0v) is 11.8. The number of nitrogens with zero attached hydrogens (tertiary/aromatic N) is 1. The van der Waals surface area contributed by atoms with Gasteiger partial charge in [-0.25, -0.2) is 0 Å². The van der Waals surface area contributed by atoms with Crippen LogP contribution in [0.5, 0.6) is 0 Å². The molecule has 0 aromatic rings. The maximum Gasteiger partial charge on any atom is 0.306 e. The van der Waals surface area contributed by atoms with Crippen LogP contribution in [-0.2, 0) is 9.53 Å². The van der Waals surface area contributed by atoms with Crippen molar-refractivity contribution in [3.8, 4) is 0 Å². The Morgan fingerprint density at radius 1 is 1.26 bits per heavy atom. The summed E-state index contributed by atoms with van der Waals surface area (Å²) in [5, 5.41) is 19.6. The summed E-state index contributed by atoms with van der Waals surface area (Å²) in [5.74, 6) is -1.00. The highest BCUT2D eigenvalue weighted by Gasteiger charge is 2.38. The summed E-state index contributed by atoms with van der Waals surface area (Å²) in [6.45, 7) is 6.42. The molecule has 5 heteroatoms. The van der Waals surface area contributed by atoms with E-state index in [0.29, 0.717) is 32.2 Å². The maximum absolute atomic E-state index is 10.9. The summed E-state index contributed by atoms with van der Waals surface area (Å²) in [7, 11) is 0. The third kappa shape index (κ3) is 3.91. The number of aliphatic carboxylic acids is 1. The molecule has 110 valence electrons. The fourth-order valence-electron chi connectivity index (χ4n) is 3.39. The van der Waals surface area contributed by atoms with Crippen molar-refractivity contribution >= 4 is 5.97 Å². The lowest BCUT2D eigenvalue weighted by atomic mass is 9.78. The van der Waals surface area contributed by atoms with Crippen molar-refractivity contribution in [2.24, 2.45) is 5.92 Å². The van der Waals surface area contributed by atoms with Gasteiger partial charge in [-0.2, -0.15) is 0 Å². The van der Waals surface area contributed by atoms with Gasteiger partial charge in [0.2, 0.25) is 0 Å². The fourth-order valence-corrected chi connectivity index (χ4v) is 3.39. The van der Waals surface area contributed by atoms with E-state index in [0.717, 1.165) is 13.1 Å². The van der Waals surface area contributed by atoms with Gasteiger partial charge in [-0.1, -0.05) is 0 Å². The van der Waals surface area contributed by atoms with Gasteiger partial charge < -0.3 is 14.9 Å². The van der Waals surface area contributed by atoms with Gasteiger partial charge in [-0.15, -0.1) is 0 Å². The molecule has 2 aliphatic rings. The van der Waals surface area contributed by atoms with E-state index in [1.54, 1.807) is 0 Å². The number of hydrogen-bond donors (Lipinski definition) is 2. The topological polar surface area (TPSA) is 70.0 Å². The molecule has 1 saturated carbocycles. The number of carbonyl (C=O) groups is 1. The van der Waals surface area contributed by atoms with Gasteiger partial charge in [0.1, 0.15) is 0 Å². The number of morpholine rings is 1. The Balaban J connectivity index is 1.86. The quantitative estimate of drug-likeness (QED) is 0.804. The second-order valence-corrected chi connectivity index (χ2v) is 6.29. The molecular formula is C14H25NO4. The normalized spacial score (nSPS) is 41.1. The van der Waals surface area contributed by atoms with Crippen LogP contribution in [0.4, 0.5) is 0 Å². The van der Waals surface area contributed by atoms with Crippen LogP contribution in [0.25, 0.3) is 0 Å². The van der Waals surface area contributed by atoms with Gasteiger partial charge in [0.25, 0.3) is 0 Å². The van der Waals surface area contributed by atoms with E-state index in [1.807, 2.05) is 13.8 Å². The van der Waals surface area contributed by atoms with E-state index in [9.17, 15) is 9.90 Å². The number of β-amino-alcohol motifs (C(OH)–C–C–N with tert-alkyl or cyclic N) is 1. The Kier molecular flexibility index (Phi) is 4.48. The summed E-state index contributed by atoms with van der Waals surface area (Å²) in [5.41, 5.74) is -0.720. The SMILES string of the molecule is CC1CN(CC2(O)CCC(C(=O)O)CC2)CC(C)O1. The average molecular weight is 271 g/mol. The van der Waals surface area contributed by atoms with Crippen LogP contribution in [0.15, 0.2) is 0 Å². The molecule has 0 aromatic heterocycles. The van der Waals surface area contributed by atoms with Gasteiger partial charge in [0.05, 0.1) is 23.7 Å². The number of hydrogen-bond acceptors (Lipinski definition) is 4. The van der Waals surface area contributed by atoms with Crippen molar-refractivity contribution < 1.29 is 19.7 Å². The predicted molar refractivity (Wildman–Crippen MR) is 71.0 cm³/mol. The number of carboxylic acid groups (broad SMARTS) is 1. The van der Waals surface area contributed by atoms with Crippen molar-refractivity contribution in [3.05, 3.63) is 0 Å². The molecular weight excluding hydrogens is 246 g/mol. The van der Waals surface area contributed by atoms with Crippen molar-refractivity contribution in [1.82, 2.24) is 4.90 Å². The Hall–Kier alpha value is -0.650. The Bertz CT molecular complexity index is 315. The molecule has 0 bridgehead atoms. The Morgan fingerprint density at radius 2 is 1.79 bits per heavy atom. The van der Waals surface area contributed by atoms with Gasteiger partial charge in [0.15, 0.2) is 0 Å². The molecule has 1 heterocycles. The lowest BCUT2D eigenvalue weighted by molar-refractivity contribution is -0.145. The molecule has 0 aromatic carbocycles. The molecule has 2 atom stereocenters. The summed E-state index contributed by atoms with van der Waals surface area (Å²) in [6, 6.07) is 0. The average Bonchev–Trinajstić information content (AvgIpc) is 2.27. The van der Waals surface area contributed by atoms with E-state index in [2.05, 4.69) is 4.90 Å². The smallest absolute Gasteiger partial charge is 0.306 e. The van der Waals surface area contributed by atoms with E-state index in [4.69, 9.17) is 9.84 Å². The first-order valence-electron chi connectivity index (χ1n) is 7.21. The van der Waals surface area contributed by atoms with Crippen LogP contribution in [0, 0.1) is 5.92 Å². The first kappa shape index (κ1) is 14.8. The van der Waals surface area contributed by atoms with Gasteiger partial charge in [-0.05, 0) is 39.5 Å². The van der Waals surface area contributed by atoms with Crippen LogP contribution in [0.3, 0.4) is 0 Å². The highest BCUT2D eigenvalue weighted by atomic mass is 16.5. The molecule has 19 heavy (non-hydrogen) atoms. The second kappa shape index (κ2) is 5.77. The van der Waals surface area contributed by atoms with Crippen LogP contribution in [0.2, 0.25) is 0 Å². The van der Waals surface area contributed by atoms with Gasteiger partial charge in [0, 0.05) is 19.6 Å². The highest BCUT2D eigenvalue weighted by Crippen LogP contribution is 2.33. The van der Waals surface area contributed by atoms with Crippen molar-refractivity contribution in [2.75, 3.05) is 19.6 Å². The molecule has 2 fully saturated rings. The van der Waals surface area contributed by atoms with E-state index in [1.165, 1.54) is 0 Å². The first-order valence-corrected chi connectivity index (χ1v) is 7.21. The minimum absolute atomic E-state index is 0.197. The van der Waals surface area contributed by atoms with Crippen molar-refractivity contribution in [2.45, 2.75) is 57.3 Å². The number of carboxylic acids is 1. The predicted octanol–water partition coefficient (Wildman–Crippen LogP) is 1.10. The number of aliphatic hydroxyl groups is 1. The Labute approximate surface area is 114 Å². The fraction of sp³-hybridized carbons (Fsp3) is 0.929. The van der Waals surface area contributed by atoms with E-state index in [-0.39, 0.29) is 18.1 Å². The summed E-state index contributed by atoms with van der Waals surface area (Å²) >= 11 is 0. The summed E-state index contributed by atoms with van der Waals surface area (Å²) in [6.07, 6.45) is 2.74. The summed E-state index contributed by atoms with van der Waals surface area (Å²) in [4.78, 5) is 13.2. The van der Waals surface area contributed by atoms with E-state index >= 15 is 0 Å². The van der Waals surface area contributed by atoms with Gasteiger partial charge in [-0.3, -0.25) is 9.69 Å². The van der Waals surface area contributed by atoms with Crippen LogP contribution < -0.4 is 0 Å². The highest BCUT2D eigenvalue weighted by molar-refractivity contribution is 5.70. The zero-order valence-electron chi connectivity index (χ0n) is 11.8. The van der Waals surface area contributed by atoms with Crippen LogP contribution in [0.1, 0.15) is 39.5 Å². The molecule has 2 N–H and O–H groups in total. The standard InChI is InChI=1S/C14H25NO4/c1-10-7-15(8-11(2)19-10)9-14(18)5-3-12(4-6-14)13(16)17/h10-12,18H,3-9H2,1-2H3,(H,16,17). The molecule has 2 rings (SSSR count). The first-order chi connectivity index (χ1) is 8.88. The Morgan fingerprint density at radius 3 is 2.26 bits per heavy atom. The molecule has 0 amide bonds. The molecule has 2 unspecified atom stereocenters. The number of ether oxygens (including phenoxy) is 1. The van der Waals surface area contributed by atoms with Crippen molar-refractivity contribution in [1.29, 1.82) is 0 Å². The van der Waals surface area contributed by atoms with Crippen LogP contribution >= 0.6 is 0 Å². The minimum atomic E-state index is -0.726. The lowest BCUT2D eigenvalue weighted by Crippen LogP contribution is -2.53. The molecule has 1 aliphatic heterocycles. The molecule has 0 radical (unpaired) electrons. The van der Waals surface area contributed by atoms with Crippen molar-refractivity contribution in [3.63, 3.8) is 0 Å². The van der Waals surface area contributed by atoms with Crippen LogP contribution in [-0.4, -0.2) is 58.5 Å².